The number of primary amides is 1. The lowest BCUT2D eigenvalue weighted by Gasteiger charge is -2.29. The summed E-state index contributed by atoms with van der Waals surface area (Å²) < 4.78 is 5.84. The number of rotatable bonds is 4. The van der Waals surface area contributed by atoms with Crippen LogP contribution in [-0.4, -0.2) is 29.8 Å². The Bertz CT molecular complexity index is 783. The normalized spacial score (nSPS) is 16.1. The molecule has 2 heterocycles. The largest absolute Gasteiger partial charge is 0.460 e. The Labute approximate surface area is 141 Å². The summed E-state index contributed by atoms with van der Waals surface area (Å²) in [4.78, 5) is 25.4. The number of amides is 2. The molecule has 1 fully saturated rings. The number of para-hydroxylation sites is 1. The van der Waals surface area contributed by atoms with E-state index in [1.54, 1.807) is 11.0 Å². The molecule has 0 spiro atoms. The van der Waals surface area contributed by atoms with Crippen LogP contribution in [0.4, 0.5) is 0 Å². The highest BCUT2D eigenvalue weighted by molar-refractivity contribution is 5.96. The number of likely N-dealkylation sites (tertiary alicyclic amines) is 1. The minimum absolute atomic E-state index is 0.0368. The van der Waals surface area contributed by atoms with Gasteiger partial charge >= 0.3 is 0 Å². The summed E-state index contributed by atoms with van der Waals surface area (Å²) >= 11 is 0. The van der Waals surface area contributed by atoms with Gasteiger partial charge in [-0.2, -0.15) is 0 Å². The van der Waals surface area contributed by atoms with Gasteiger partial charge in [0.05, 0.1) is 0 Å². The van der Waals surface area contributed by atoms with E-state index in [0.717, 1.165) is 28.7 Å². The van der Waals surface area contributed by atoms with E-state index in [1.807, 2.05) is 37.3 Å². The summed E-state index contributed by atoms with van der Waals surface area (Å²) in [6.45, 7) is 3.18. The maximum atomic E-state index is 12.4. The summed E-state index contributed by atoms with van der Waals surface area (Å²) in [7, 11) is 0. The Kier molecular flexibility index (Phi) is 4.69. The van der Waals surface area contributed by atoms with Crippen LogP contribution in [0.15, 0.2) is 34.8 Å². The van der Waals surface area contributed by atoms with Crippen LogP contribution in [0.3, 0.4) is 0 Å². The molecule has 2 N–H and O–H groups in total. The van der Waals surface area contributed by atoms with Crippen LogP contribution in [0, 0.1) is 5.92 Å². The van der Waals surface area contributed by atoms with Crippen molar-refractivity contribution in [2.24, 2.45) is 11.7 Å². The van der Waals surface area contributed by atoms with Crippen molar-refractivity contribution >= 4 is 28.9 Å². The molecule has 1 aliphatic heterocycles. The average Bonchev–Trinajstić information content (AvgIpc) is 2.97. The molecular weight excluding hydrogens is 304 g/mol. The number of furan rings is 1. The summed E-state index contributed by atoms with van der Waals surface area (Å²) in [5.74, 6) is 0.468. The Morgan fingerprint density at radius 3 is 2.67 bits per heavy atom. The first kappa shape index (κ1) is 16.3. The lowest BCUT2D eigenvalue weighted by atomic mass is 9.96. The minimum Gasteiger partial charge on any atom is -0.460 e. The molecule has 1 aromatic carbocycles. The number of benzene rings is 1. The fourth-order valence-corrected chi connectivity index (χ4v) is 3.21. The molecule has 0 aliphatic carbocycles. The number of hydrogen-bond donors (Lipinski definition) is 1. The van der Waals surface area contributed by atoms with Crippen molar-refractivity contribution in [3.63, 3.8) is 0 Å². The predicted molar refractivity (Wildman–Crippen MR) is 93.1 cm³/mol. The van der Waals surface area contributed by atoms with Crippen molar-refractivity contribution in [3.8, 4) is 0 Å². The van der Waals surface area contributed by atoms with Gasteiger partial charge in [0.2, 0.25) is 11.8 Å². The summed E-state index contributed by atoms with van der Waals surface area (Å²) in [6.07, 6.45) is 5.49. The first-order valence-corrected chi connectivity index (χ1v) is 8.37. The molecule has 0 saturated carbocycles. The molecule has 5 heteroatoms. The van der Waals surface area contributed by atoms with E-state index >= 15 is 0 Å². The van der Waals surface area contributed by atoms with E-state index in [1.165, 1.54) is 0 Å². The second-order valence-corrected chi connectivity index (χ2v) is 6.12. The first-order valence-electron chi connectivity index (χ1n) is 8.37. The Balaban J connectivity index is 1.74. The number of hydrogen-bond acceptors (Lipinski definition) is 3. The van der Waals surface area contributed by atoms with E-state index in [4.69, 9.17) is 10.2 Å². The van der Waals surface area contributed by atoms with E-state index < -0.39 is 0 Å². The smallest absolute Gasteiger partial charge is 0.246 e. The maximum Gasteiger partial charge on any atom is 0.246 e. The number of fused-ring (bicyclic) bond motifs is 1. The molecular formula is C19H22N2O3. The molecule has 1 saturated heterocycles. The van der Waals surface area contributed by atoms with E-state index in [-0.39, 0.29) is 17.7 Å². The Morgan fingerprint density at radius 2 is 2.00 bits per heavy atom. The third kappa shape index (κ3) is 3.20. The van der Waals surface area contributed by atoms with Crippen molar-refractivity contribution in [2.75, 3.05) is 13.1 Å². The molecule has 1 aromatic heterocycles. The molecule has 1 aliphatic rings. The third-order valence-corrected chi connectivity index (χ3v) is 4.63. The summed E-state index contributed by atoms with van der Waals surface area (Å²) in [5, 5.41) is 1.02. The van der Waals surface area contributed by atoms with Gasteiger partial charge in [-0.1, -0.05) is 25.1 Å². The van der Waals surface area contributed by atoms with Gasteiger partial charge in [0.15, 0.2) is 0 Å². The number of nitrogens with zero attached hydrogens (tertiary/aromatic N) is 1. The SMILES string of the molecule is CCc1oc2ccccc2c1C=CC(=O)N1CCC(C(N)=O)CC1. The van der Waals surface area contributed by atoms with Crippen LogP contribution < -0.4 is 5.73 Å². The zero-order valence-electron chi connectivity index (χ0n) is 13.8. The number of nitrogens with two attached hydrogens (primary N) is 1. The van der Waals surface area contributed by atoms with Gasteiger partial charge in [0, 0.05) is 42.5 Å². The van der Waals surface area contributed by atoms with Crippen LogP contribution >= 0.6 is 0 Å². The molecule has 0 radical (unpaired) electrons. The van der Waals surface area contributed by atoms with Gasteiger partial charge < -0.3 is 15.1 Å². The van der Waals surface area contributed by atoms with Crippen molar-refractivity contribution in [2.45, 2.75) is 26.2 Å². The number of carbonyl (C=O) groups excluding carboxylic acids is 2. The molecule has 24 heavy (non-hydrogen) atoms. The molecule has 126 valence electrons. The highest BCUT2D eigenvalue weighted by Crippen LogP contribution is 2.27. The summed E-state index contributed by atoms with van der Waals surface area (Å²) in [6, 6.07) is 7.83. The Hall–Kier alpha value is -2.56. The van der Waals surface area contributed by atoms with Crippen molar-refractivity contribution in [3.05, 3.63) is 41.7 Å². The predicted octanol–water partition coefficient (Wildman–Crippen LogP) is 2.73. The second kappa shape index (κ2) is 6.91. The van der Waals surface area contributed by atoms with Crippen LogP contribution in [0.25, 0.3) is 17.0 Å². The number of carbonyl (C=O) groups is 2. The highest BCUT2D eigenvalue weighted by Gasteiger charge is 2.24. The minimum atomic E-state index is -0.268. The van der Waals surface area contributed by atoms with Crippen molar-refractivity contribution < 1.29 is 14.0 Å². The lowest BCUT2D eigenvalue weighted by molar-refractivity contribution is -0.130. The lowest BCUT2D eigenvalue weighted by Crippen LogP contribution is -2.41. The van der Waals surface area contributed by atoms with E-state index in [9.17, 15) is 9.59 Å². The van der Waals surface area contributed by atoms with Gasteiger partial charge in [0.1, 0.15) is 11.3 Å². The molecule has 3 rings (SSSR count). The molecule has 0 unspecified atom stereocenters. The second-order valence-electron chi connectivity index (χ2n) is 6.12. The summed E-state index contributed by atoms with van der Waals surface area (Å²) in [5.41, 5.74) is 7.13. The van der Waals surface area contributed by atoms with Crippen molar-refractivity contribution in [1.29, 1.82) is 0 Å². The molecule has 0 atom stereocenters. The fraction of sp³-hybridized carbons (Fsp3) is 0.368. The number of piperidine rings is 1. The topological polar surface area (TPSA) is 76.5 Å². The average molecular weight is 326 g/mol. The van der Waals surface area contributed by atoms with Gasteiger partial charge in [-0.25, -0.2) is 0 Å². The molecule has 2 aromatic rings. The monoisotopic (exact) mass is 326 g/mol. The maximum absolute atomic E-state index is 12.4. The number of aryl methyl sites for hydroxylation is 1. The highest BCUT2D eigenvalue weighted by atomic mass is 16.3. The van der Waals surface area contributed by atoms with E-state index in [2.05, 4.69) is 0 Å². The third-order valence-electron chi connectivity index (χ3n) is 4.63. The van der Waals surface area contributed by atoms with Crippen molar-refractivity contribution in [1.82, 2.24) is 4.90 Å². The zero-order chi connectivity index (χ0) is 17.1. The molecule has 5 nitrogen and oxygen atoms in total. The van der Waals surface area contributed by atoms with Gasteiger partial charge in [-0.05, 0) is 25.0 Å². The van der Waals surface area contributed by atoms with Gasteiger partial charge in [0.25, 0.3) is 0 Å². The van der Waals surface area contributed by atoms with Crippen LogP contribution in [0.1, 0.15) is 31.1 Å². The zero-order valence-corrected chi connectivity index (χ0v) is 13.8. The molecule has 0 bridgehead atoms. The van der Waals surface area contributed by atoms with E-state index in [0.29, 0.717) is 25.9 Å². The van der Waals surface area contributed by atoms with Crippen LogP contribution in [0.2, 0.25) is 0 Å². The fourth-order valence-electron chi connectivity index (χ4n) is 3.21. The van der Waals surface area contributed by atoms with Gasteiger partial charge in [-0.3, -0.25) is 9.59 Å². The Morgan fingerprint density at radius 1 is 1.29 bits per heavy atom. The standard InChI is InChI=1S/C19H22N2O3/c1-2-16-15(14-5-3-4-6-17(14)24-16)7-8-18(22)21-11-9-13(10-12-21)19(20)23/h3-8,13H,2,9-12H2,1H3,(H2,20,23). The van der Waals surface area contributed by atoms with Gasteiger partial charge in [-0.15, -0.1) is 0 Å². The molecule has 2 amide bonds. The van der Waals surface area contributed by atoms with Crippen LogP contribution in [-0.2, 0) is 16.0 Å². The quantitative estimate of drug-likeness (QED) is 0.878. The van der Waals surface area contributed by atoms with Crippen LogP contribution in [0.5, 0.6) is 0 Å². The first-order chi connectivity index (χ1) is 11.6.